The molecule has 2 aromatic carbocycles. The van der Waals surface area contributed by atoms with E-state index in [1.54, 1.807) is 55.5 Å². The van der Waals surface area contributed by atoms with Gasteiger partial charge in [0.25, 0.3) is 0 Å². The lowest BCUT2D eigenvalue weighted by Crippen LogP contribution is -2.43. The molecule has 0 aliphatic carbocycles. The van der Waals surface area contributed by atoms with E-state index in [2.05, 4.69) is 21.3 Å². The maximum absolute atomic E-state index is 12.3. The second-order valence-electron chi connectivity index (χ2n) is 7.19. The third-order valence-corrected chi connectivity index (χ3v) is 4.68. The zero-order valence-electron chi connectivity index (χ0n) is 17.4. The molecule has 9 heteroatoms. The quantitative estimate of drug-likeness (QED) is 0.543. The number of morpholine rings is 1. The average molecular weight is 425 g/mol. The molecule has 4 amide bonds. The Hall–Kier alpha value is -3.43. The third kappa shape index (κ3) is 7.40. The van der Waals surface area contributed by atoms with E-state index in [1.165, 1.54) is 0 Å². The van der Waals surface area contributed by atoms with Gasteiger partial charge in [0.05, 0.1) is 19.8 Å². The Morgan fingerprint density at radius 2 is 1.45 bits per heavy atom. The lowest BCUT2D eigenvalue weighted by Gasteiger charge is -2.25. The number of ether oxygens (including phenoxy) is 1. The van der Waals surface area contributed by atoms with Crippen molar-refractivity contribution >= 4 is 34.9 Å². The van der Waals surface area contributed by atoms with Crippen molar-refractivity contribution in [3.8, 4) is 0 Å². The molecule has 4 N–H and O–H groups in total. The van der Waals surface area contributed by atoms with E-state index in [0.29, 0.717) is 36.8 Å². The molecule has 0 aromatic heterocycles. The Balaban J connectivity index is 1.43. The van der Waals surface area contributed by atoms with E-state index in [9.17, 15) is 14.4 Å². The zero-order chi connectivity index (χ0) is 22.1. The molecule has 9 nitrogen and oxygen atoms in total. The molecule has 1 aliphatic heterocycles. The smallest absolute Gasteiger partial charge is 0.319 e. The number of para-hydroxylation sites is 1. The van der Waals surface area contributed by atoms with Crippen LogP contribution in [0, 0.1) is 0 Å². The summed E-state index contributed by atoms with van der Waals surface area (Å²) in [4.78, 5) is 38.6. The van der Waals surface area contributed by atoms with Gasteiger partial charge in [0.2, 0.25) is 11.8 Å². The number of nitrogens with one attached hydrogen (secondary N) is 4. The molecule has 1 heterocycles. The molecule has 1 saturated heterocycles. The van der Waals surface area contributed by atoms with Crippen LogP contribution in [-0.4, -0.2) is 61.6 Å². The zero-order valence-corrected chi connectivity index (χ0v) is 17.4. The summed E-state index contributed by atoms with van der Waals surface area (Å²) in [6, 6.07) is 14.6. The maximum atomic E-state index is 12.3. The van der Waals surface area contributed by atoms with E-state index < -0.39 is 12.1 Å². The first-order valence-electron chi connectivity index (χ1n) is 10.1. The topological polar surface area (TPSA) is 112 Å². The molecule has 1 atom stereocenters. The van der Waals surface area contributed by atoms with Crippen molar-refractivity contribution in [1.82, 2.24) is 10.2 Å². The lowest BCUT2D eigenvalue weighted by molar-refractivity contribution is -0.118. The first-order chi connectivity index (χ1) is 15.0. The number of carbonyl (C=O) groups excluding carboxylic acids is 3. The number of anilines is 3. The highest BCUT2D eigenvalue weighted by Gasteiger charge is 2.16. The van der Waals surface area contributed by atoms with Crippen LogP contribution in [0.15, 0.2) is 54.6 Å². The van der Waals surface area contributed by atoms with Crippen molar-refractivity contribution < 1.29 is 19.1 Å². The van der Waals surface area contributed by atoms with Gasteiger partial charge in [-0.15, -0.1) is 0 Å². The van der Waals surface area contributed by atoms with Gasteiger partial charge in [-0.3, -0.25) is 14.5 Å². The van der Waals surface area contributed by atoms with Crippen molar-refractivity contribution in [3.63, 3.8) is 0 Å². The number of urea groups is 1. The van der Waals surface area contributed by atoms with Gasteiger partial charge in [-0.05, 0) is 43.3 Å². The Bertz CT molecular complexity index is 883. The van der Waals surface area contributed by atoms with Gasteiger partial charge in [0, 0.05) is 30.2 Å². The van der Waals surface area contributed by atoms with Gasteiger partial charge < -0.3 is 26.0 Å². The van der Waals surface area contributed by atoms with Crippen LogP contribution >= 0.6 is 0 Å². The van der Waals surface area contributed by atoms with E-state index in [4.69, 9.17) is 4.74 Å². The van der Waals surface area contributed by atoms with Crippen molar-refractivity contribution in [3.05, 3.63) is 54.6 Å². The number of benzene rings is 2. The van der Waals surface area contributed by atoms with Gasteiger partial charge in [-0.1, -0.05) is 18.2 Å². The monoisotopic (exact) mass is 425 g/mol. The molecule has 0 radical (unpaired) electrons. The third-order valence-electron chi connectivity index (χ3n) is 4.68. The number of carbonyl (C=O) groups is 3. The number of amides is 4. The van der Waals surface area contributed by atoms with Gasteiger partial charge in [-0.2, -0.15) is 0 Å². The summed E-state index contributed by atoms with van der Waals surface area (Å²) in [7, 11) is 0. The van der Waals surface area contributed by atoms with E-state index in [0.717, 1.165) is 13.1 Å². The SMILES string of the molecule is CC(NC(=O)Nc1ccccc1)C(=O)Nc1ccc(NC(=O)CN2CCOCC2)cc1. The Morgan fingerprint density at radius 1 is 0.871 bits per heavy atom. The molecule has 3 rings (SSSR count). The molecule has 2 aromatic rings. The molecule has 0 spiro atoms. The highest BCUT2D eigenvalue weighted by atomic mass is 16.5. The molecular formula is C22H27N5O4. The van der Waals surface area contributed by atoms with Crippen molar-refractivity contribution in [2.45, 2.75) is 13.0 Å². The molecule has 1 unspecified atom stereocenters. The van der Waals surface area contributed by atoms with Gasteiger partial charge in [0.1, 0.15) is 6.04 Å². The number of nitrogens with zero attached hydrogens (tertiary/aromatic N) is 1. The fourth-order valence-corrected chi connectivity index (χ4v) is 3.00. The van der Waals surface area contributed by atoms with Crippen LogP contribution in [0.4, 0.5) is 21.9 Å². The van der Waals surface area contributed by atoms with Crippen LogP contribution in [-0.2, 0) is 14.3 Å². The van der Waals surface area contributed by atoms with Crippen LogP contribution in [0.2, 0.25) is 0 Å². The minimum Gasteiger partial charge on any atom is -0.379 e. The summed E-state index contributed by atoms with van der Waals surface area (Å²) in [5.41, 5.74) is 1.84. The Labute approximate surface area is 181 Å². The first kappa shape index (κ1) is 22.3. The fourth-order valence-electron chi connectivity index (χ4n) is 3.00. The summed E-state index contributed by atoms with van der Waals surface area (Å²) in [5, 5.41) is 10.8. The van der Waals surface area contributed by atoms with E-state index >= 15 is 0 Å². The lowest BCUT2D eigenvalue weighted by atomic mass is 10.2. The van der Waals surface area contributed by atoms with Gasteiger partial charge in [-0.25, -0.2) is 4.79 Å². The minimum absolute atomic E-state index is 0.0964. The Morgan fingerprint density at radius 3 is 2.10 bits per heavy atom. The second-order valence-corrected chi connectivity index (χ2v) is 7.19. The van der Waals surface area contributed by atoms with Crippen molar-refractivity contribution in [2.75, 3.05) is 48.8 Å². The van der Waals surface area contributed by atoms with Gasteiger partial charge >= 0.3 is 6.03 Å². The fraction of sp³-hybridized carbons (Fsp3) is 0.318. The summed E-state index contributed by atoms with van der Waals surface area (Å²) in [6.07, 6.45) is 0. The molecular weight excluding hydrogens is 398 g/mol. The predicted molar refractivity (Wildman–Crippen MR) is 119 cm³/mol. The predicted octanol–water partition coefficient (Wildman–Crippen LogP) is 2.11. The normalized spacial score (nSPS) is 14.9. The van der Waals surface area contributed by atoms with E-state index in [1.807, 2.05) is 11.0 Å². The molecule has 31 heavy (non-hydrogen) atoms. The Kier molecular flexibility index (Phi) is 7.97. The van der Waals surface area contributed by atoms with Crippen LogP contribution in [0.1, 0.15) is 6.92 Å². The minimum atomic E-state index is -0.739. The number of rotatable bonds is 7. The molecule has 1 aliphatic rings. The molecule has 1 fully saturated rings. The number of hydrogen-bond donors (Lipinski definition) is 4. The molecule has 0 saturated carbocycles. The van der Waals surface area contributed by atoms with Gasteiger partial charge in [0.15, 0.2) is 0 Å². The highest BCUT2D eigenvalue weighted by molar-refractivity contribution is 5.99. The van der Waals surface area contributed by atoms with Crippen LogP contribution in [0.3, 0.4) is 0 Å². The summed E-state index contributed by atoms with van der Waals surface area (Å²) < 4.78 is 5.27. The molecule has 0 bridgehead atoms. The van der Waals surface area contributed by atoms with Crippen LogP contribution in [0.25, 0.3) is 0 Å². The maximum Gasteiger partial charge on any atom is 0.319 e. The number of hydrogen-bond acceptors (Lipinski definition) is 5. The molecule has 164 valence electrons. The summed E-state index contributed by atoms with van der Waals surface area (Å²) in [6.45, 7) is 4.68. The average Bonchev–Trinajstić information content (AvgIpc) is 2.76. The van der Waals surface area contributed by atoms with Crippen LogP contribution in [0.5, 0.6) is 0 Å². The first-order valence-corrected chi connectivity index (χ1v) is 10.1. The standard InChI is InChI=1S/C22H27N5O4/c1-16(23-22(30)26-17-5-3-2-4-6-17)21(29)25-19-9-7-18(8-10-19)24-20(28)15-27-11-13-31-14-12-27/h2-10,16H,11-15H2,1H3,(H,24,28)(H,25,29)(H2,23,26,30). The van der Waals surface area contributed by atoms with Crippen LogP contribution < -0.4 is 21.3 Å². The van der Waals surface area contributed by atoms with E-state index in [-0.39, 0.29) is 11.8 Å². The second kappa shape index (κ2) is 11.1. The summed E-state index contributed by atoms with van der Waals surface area (Å²) >= 11 is 0. The largest absolute Gasteiger partial charge is 0.379 e. The van der Waals surface area contributed by atoms with Crippen molar-refractivity contribution in [2.24, 2.45) is 0 Å². The van der Waals surface area contributed by atoms with Crippen molar-refractivity contribution in [1.29, 1.82) is 0 Å². The summed E-state index contributed by atoms with van der Waals surface area (Å²) in [5.74, 6) is -0.451. The highest BCUT2D eigenvalue weighted by Crippen LogP contribution is 2.14.